The van der Waals surface area contributed by atoms with Crippen LogP contribution in [0.25, 0.3) is 0 Å². The molecule has 0 aliphatic rings. The van der Waals surface area contributed by atoms with E-state index in [0.29, 0.717) is 18.1 Å². The molecule has 140 valence electrons. The molecule has 1 aromatic heterocycles. The molecule has 0 radical (unpaired) electrons. The Morgan fingerprint density at radius 2 is 1.88 bits per heavy atom. The largest absolute Gasteiger partial charge is 0.459 e. The second-order valence-electron chi connectivity index (χ2n) is 7.47. The number of hydrogen-bond acceptors (Lipinski definition) is 5. The van der Waals surface area contributed by atoms with Crippen molar-refractivity contribution in [2.24, 2.45) is 0 Å². The van der Waals surface area contributed by atoms with Crippen LogP contribution in [0.4, 0.5) is 5.69 Å². The first-order chi connectivity index (χ1) is 12.1. The Morgan fingerprint density at radius 1 is 1.19 bits per heavy atom. The predicted molar refractivity (Wildman–Crippen MR) is 102 cm³/mol. The molecule has 0 fully saturated rings. The lowest BCUT2D eigenvalue weighted by molar-refractivity contribution is -0.155. The van der Waals surface area contributed by atoms with E-state index < -0.39 is 11.6 Å². The number of rotatable bonds is 5. The van der Waals surface area contributed by atoms with Crippen molar-refractivity contribution in [3.05, 3.63) is 57.3 Å². The number of hydrogen-bond donors (Lipinski definition) is 1. The lowest BCUT2D eigenvalue weighted by Gasteiger charge is -2.20. The van der Waals surface area contributed by atoms with Crippen LogP contribution in [0.5, 0.6) is 0 Å². The third-order valence-electron chi connectivity index (χ3n) is 4.01. The van der Waals surface area contributed by atoms with Crippen molar-refractivity contribution >= 4 is 11.7 Å². The third kappa shape index (κ3) is 5.18. The third-order valence-corrected chi connectivity index (χ3v) is 4.01. The standard InChI is InChI=1S/C20H27N3O3/c1-13-7-8-16(9-14(13)2)10-22-17-11-21-15(3)23(19(17)25)12-18(24)26-20(4,5)6/h7-9,11,22H,10,12H2,1-6H3. The zero-order chi connectivity index (χ0) is 19.5. The van der Waals surface area contributed by atoms with Crippen molar-refractivity contribution < 1.29 is 9.53 Å². The maximum Gasteiger partial charge on any atom is 0.326 e. The first-order valence-electron chi connectivity index (χ1n) is 8.65. The Kier molecular flexibility index (Phi) is 5.85. The molecule has 1 heterocycles. The number of aromatic nitrogens is 2. The maximum absolute atomic E-state index is 12.7. The van der Waals surface area contributed by atoms with E-state index in [0.717, 1.165) is 5.56 Å². The van der Waals surface area contributed by atoms with Gasteiger partial charge in [0.2, 0.25) is 0 Å². The second kappa shape index (κ2) is 7.72. The molecule has 2 rings (SSSR count). The molecular weight excluding hydrogens is 330 g/mol. The van der Waals surface area contributed by atoms with Gasteiger partial charge in [-0.05, 0) is 58.2 Å². The Hall–Kier alpha value is -2.63. The summed E-state index contributed by atoms with van der Waals surface area (Å²) in [5, 5.41) is 3.12. The van der Waals surface area contributed by atoms with Crippen LogP contribution in [0.15, 0.2) is 29.2 Å². The summed E-state index contributed by atoms with van der Waals surface area (Å²) >= 11 is 0. The summed E-state index contributed by atoms with van der Waals surface area (Å²) in [6.45, 7) is 11.5. The molecular formula is C20H27N3O3. The highest BCUT2D eigenvalue weighted by Gasteiger charge is 2.18. The lowest BCUT2D eigenvalue weighted by atomic mass is 10.1. The summed E-state index contributed by atoms with van der Waals surface area (Å²) in [4.78, 5) is 29.0. The monoisotopic (exact) mass is 357 g/mol. The van der Waals surface area contributed by atoms with Crippen molar-refractivity contribution in [2.45, 2.75) is 60.2 Å². The summed E-state index contributed by atoms with van der Waals surface area (Å²) in [6.07, 6.45) is 1.50. The first-order valence-corrected chi connectivity index (χ1v) is 8.65. The maximum atomic E-state index is 12.7. The average molecular weight is 357 g/mol. The summed E-state index contributed by atoms with van der Waals surface area (Å²) in [5.74, 6) is 0.00778. The van der Waals surface area contributed by atoms with Crippen LogP contribution < -0.4 is 10.9 Å². The molecule has 0 unspecified atom stereocenters. The van der Waals surface area contributed by atoms with Crippen LogP contribution in [0.3, 0.4) is 0 Å². The molecule has 0 aliphatic heterocycles. The Morgan fingerprint density at radius 3 is 2.50 bits per heavy atom. The number of benzene rings is 1. The number of carbonyl (C=O) groups is 1. The number of nitrogens with zero attached hydrogens (tertiary/aromatic N) is 2. The molecule has 6 nitrogen and oxygen atoms in total. The van der Waals surface area contributed by atoms with Crippen LogP contribution in [-0.2, 0) is 22.6 Å². The molecule has 1 aromatic carbocycles. The van der Waals surface area contributed by atoms with Gasteiger partial charge < -0.3 is 10.1 Å². The van der Waals surface area contributed by atoms with Gasteiger partial charge in [-0.3, -0.25) is 14.2 Å². The molecule has 0 spiro atoms. The number of carbonyl (C=O) groups excluding carboxylic acids is 1. The number of aryl methyl sites for hydroxylation is 3. The Labute approximate surface area is 154 Å². The van der Waals surface area contributed by atoms with E-state index in [1.54, 1.807) is 27.7 Å². The van der Waals surface area contributed by atoms with Gasteiger partial charge in [-0.15, -0.1) is 0 Å². The number of anilines is 1. The van der Waals surface area contributed by atoms with Crippen LogP contribution in [-0.4, -0.2) is 21.1 Å². The first kappa shape index (κ1) is 19.7. The van der Waals surface area contributed by atoms with Crippen LogP contribution in [0.2, 0.25) is 0 Å². The fourth-order valence-electron chi connectivity index (χ4n) is 2.50. The second-order valence-corrected chi connectivity index (χ2v) is 7.47. The zero-order valence-corrected chi connectivity index (χ0v) is 16.3. The highest BCUT2D eigenvalue weighted by molar-refractivity contribution is 5.69. The fourth-order valence-corrected chi connectivity index (χ4v) is 2.50. The van der Waals surface area contributed by atoms with Crippen molar-refractivity contribution in [3.8, 4) is 0 Å². The number of ether oxygens (including phenoxy) is 1. The molecule has 2 aromatic rings. The zero-order valence-electron chi connectivity index (χ0n) is 16.3. The summed E-state index contributed by atoms with van der Waals surface area (Å²) in [5.41, 5.74) is 2.98. The molecule has 0 aliphatic carbocycles. The van der Waals surface area contributed by atoms with Crippen LogP contribution in [0.1, 0.15) is 43.3 Å². The minimum atomic E-state index is -0.596. The van der Waals surface area contributed by atoms with E-state index in [2.05, 4.69) is 36.3 Å². The molecule has 1 N–H and O–H groups in total. The van der Waals surface area contributed by atoms with E-state index in [4.69, 9.17) is 4.74 Å². The Balaban J connectivity index is 2.16. The van der Waals surface area contributed by atoms with Gasteiger partial charge in [0.15, 0.2) is 0 Å². The smallest absolute Gasteiger partial charge is 0.326 e. The quantitative estimate of drug-likeness (QED) is 0.832. The normalized spacial score (nSPS) is 11.3. The van der Waals surface area contributed by atoms with E-state index in [1.165, 1.54) is 21.9 Å². The highest BCUT2D eigenvalue weighted by atomic mass is 16.6. The van der Waals surface area contributed by atoms with E-state index in [1.807, 2.05) is 6.07 Å². The molecule has 0 atom stereocenters. The minimum Gasteiger partial charge on any atom is -0.459 e. The molecule has 0 bridgehead atoms. The van der Waals surface area contributed by atoms with Gasteiger partial charge in [0.25, 0.3) is 5.56 Å². The van der Waals surface area contributed by atoms with Crippen molar-refractivity contribution in [1.82, 2.24) is 9.55 Å². The highest BCUT2D eigenvalue weighted by Crippen LogP contribution is 2.12. The van der Waals surface area contributed by atoms with Crippen molar-refractivity contribution in [1.29, 1.82) is 0 Å². The summed E-state index contributed by atoms with van der Waals surface area (Å²) < 4.78 is 6.63. The van der Waals surface area contributed by atoms with Gasteiger partial charge in [-0.1, -0.05) is 18.2 Å². The summed E-state index contributed by atoms with van der Waals surface area (Å²) in [6, 6.07) is 6.17. The topological polar surface area (TPSA) is 73.2 Å². The van der Waals surface area contributed by atoms with E-state index >= 15 is 0 Å². The number of esters is 1. The van der Waals surface area contributed by atoms with Crippen LogP contribution >= 0.6 is 0 Å². The number of nitrogens with one attached hydrogen (secondary N) is 1. The molecule has 0 amide bonds. The summed E-state index contributed by atoms with van der Waals surface area (Å²) in [7, 11) is 0. The minimum absolute atomic E-state index is 0.159. The lowest BCUT2D eigenvalue weighted by Crippen LogP contribution is -2.33. The van der Waals surface area contributed by atoms with E-state index in [9.17, 15) is 9.59 Å². The van der Waals surface area contributed by atoms with Gasteiger partial charge in [0.05, 0.1) is 6.20 Å². The molecule has 26 heavy (non-hydrogen) atoms. The predicted octanol–water partition coefficient (Wildman–Crippen LogP) is 3.12. The average Bonchev–Trinajstić information content (AvgIpc) is 2.52. The fraction of sp³-hybridized carbons (Fsp3) is 0.450. The van der Waals surface area contributed by atoms with Crippen molar-refractivity contribution in [2.75, 3.05) is 5.32 Å². The molecule has 0 saturated heterocycles. The van der Waals surface area contributed by atoms with Crippen molar-refractivity contribution in [3.63, 3.8) is 0 Å². The van der Waals surface area contributed by atoms with Gasteiger partial charge in [0.1, 0.15) is 23.7 Å². The Bertz CT molecular complexity index is 864. The molecule has 6 heteroatoms. The van der Waals surface area contributed by atoms with Crippen LogP contribution in [0, 0.1) is 20.8 Å². The van der Waals surface area contributed by atoms with Gasteiger partial charge in [-0.2, -0.15) is 0 Å². The van der Waals surface area contributed by atoms with Gasteiger partial charge >= 0.3 is 5.97 Å². The molecule has 0 saturated carbocycles. The SMILES string of the molecule is Cc1ccc(CNc2cnc(C)n(CC(=O)OC(C)(C)C)c2=O)cc1C. The van der Waals surface area contributed by atoms with Gasteiger partial charge in [-0.25, -0.2) is 4.98 Å². The van der Waals surface area contributed by atoms with Gasteiger partial charge in [0, 0.05) is 6.54 Å². The van der Waals surface area contributed by atoms with E-state index in [-0.39, 0.29) is 12.1 Å².